The second-order valence-electron chi connectivity index (χ2n) is 2.54. The maximum absolute atomic E-state index is 9.78. The molecule has 0 saturated carbocycles. The second kappa shape index (κ2) is 9.21. The molecule has 0 saturated heterocycles. The van der Waals surface area contributed by atoms with Gasteiger partial charge in [0.25, 0.3) is 0 Å². The van der Waals surface area contributed by atoms with Gasteiger partial charge in [0.1, 0.15) is 0 Å². The van der Waals surface area contributed by atoms with Gasteiger partial charge in [0.2, 0.25) is 6.41 Å². The van der Waals surface area contributed by atoms with Crippen LogP contribution in [-0.2, 0) is 4.79 Å². The molecule has 0 aliphatic rings. The van der Waals surface area contributed by atoms with Crippen molar-refractivity contribution in [1.29, 1.82) is 0 Å². The fourth-order valence-electron chi connectivity index (χ4n) is 0.880. The highest BCUT2D eigenvalue weighted by Gasteiger charge is 1.83. The number of nitrogens with one attached hydrogen (secondary N) is 1. The summed E-state index contributed by atoms with van der Waals surface area (Å²) in [6, 6.07) is 0. The van der Waals surface area contributed by atoms with Gasteiger partial charge >= 0.3 is 0 Å². The quantitative estimate of drug-likeness (QED) is 0.443. The van der Waals surface area contributed by atoms with Gasteiger partial charge in [-0.25, -0.2) is 0 Å². The first kappa shape index (κ1) is 10.2. The van der Waals surface area contributed by atoms with Crippen LogP contribution in [0.4, 0.5) is 0 Å². The molecule has 0 aliphatic heterocycles. The van der Waals surface area contributed by atoms with Crippen molar-refractivity contribution in [3.63, 3.8) is 0 Å². The van der Waals surface area contributed by atoms with Crippen LogP contribution in [0.2, 0.25) is 0 Å². The number of allylic oxidation sites excluding steroid dienone is 1. The molecule has 0 unspecified atom stereocenters. The summed E-state index contributed by atoms with van der Waals surface area (Å²) in [7, 11) is 0. The van der Waals surface area contributed by atoms with Gasteiger partial charge in [-0.3, -0.25) is 4.79 Å². The Morgan fingerprint density at radius 3 is 2.73 bits per heavy atom. The number of hydrogen-bond donors (Lipinski definition) is 1. The van der Waals surface area contributed by atoms with Crippen LogP contribution in [0.3, 0.4) is 0 Å². The summed E-state index contributed by atoms with van der Waals surface area (Å²) in [5.41, 5.74) is 0. The number of unbranched alkanes of at least 4 members (excludes halogenated alkanes) is 4. The minimum Gasteiger partial charge on any atom is -0.336 e. The summed E-state index contributed by atoms with van der Waals surface area (Å²) in [4.78, 5) is 9.78. The van der Waals surface area contributed by atoms with E-state index in [2.05, 4.69) is 12.2 Å². The van der Waals surface area contributed by atoms with Crippen LogP contribution in [0.1, 0.15) is 39.0 Å². The van der Waals surface area contributed by atoms with E-state index in [1.807, 2.05) is 6.08 Å². The summed E-state index contributed by atoms with van der Waals surface area (Å²) in [6.07, 6.45) is 10.5. The first-order valence-electron chi connectivity index (χ1n) is 4.26. The van der Waals surface area contributed by atoms with Crippen molar-refractivity contribution in [3.05, 3.63) is 12.3 Å². The molecule has 0 radical (unpaired) electrons. The molecule has 0 aromatic carbocycles. The van der Waals surface area contributed by atoms with E-state index in [0.29, 0.717) is 6.41 Å². The van der Waals surface area contributed by atoms with Gasteiger partial charge < -0.3 is 5.32 Å². The lowest BCUT2D eigenvalue weighted by molar-refractivity contribution is -0.108. The summed E-state index contributed by atoms with van der Waals surface area (Å²) < 4.78 is 0. The molecular weight excluding hydrogens is 138 g/mol. The molecule has 11 heavy (non-hydrogen) atoms. The van der Waals surface area contributed by atoms with Gasteiger partial charge in [0, 0.05) is 0 Å². The fraction of sp³-hybridized carbons (Fsp3) is 0.667. The zero-order valence-corrected chi connectivity index (χ0v) is 7.18. The van der Waals surface area contributed by atoms with E-state index in [9.17, 15) is 4.79 Å². The van der Waals surface area contributed by atoms with Gasteiger partial charge in [-0.05, 0) is 19.0 Å². The first-order chi connectivity index (χ1) is 5.41. The van der Waals surface area contributed by atoms with Gasteiger partial charge in [0.05, 0.1) is 0 Å². The maximum atomic E-state index is 9.78. The van der Waals surface area contributed by atoms with E-state index in [1.54, 1.807) is 6.20 Å². The molecule has 0 atom stereocenters. The molecule has 1 amide bonds. The van der Waals surface area contributed by atoms with Crippen molar-refractivity contribution >= 4 is 6.41 Å². The van der Waals surface area contributed by atoms with E-state index < -0.39 is 0 Å². The number of rotatable bonds is 7. The maximum Gasteiger partial charge on any atom is 0.211 e. The smallest absolute Gasteiger partial charge is 0.211 e. The summed E-state index contributed by atoms with van der Waals surface area (Å²) >= 11 is 0. The molecule has 1 N–H and O–H groups in total. The molecule has 0 rings (SSSR count). The number of carbonyl (C=O) groups is 1. The Morgan fingerprint density at radius 1 is 1.27 bits per heavy atom. The average Bonchev–Trinajstić information content (AvgIpc) is 2.03. The zero-order chi connectivity index (χ0) is 8.36. The molecule has 0 aromatic heterocycles. The third-order valence-electron chi connectivity index (χ3n) is 1.51. The van der Waals surface area contributed by atoms with Crippen LogP contribution in [0.15, 0.2) is 12.3 Å². The van der Waals surface area contributed by atoms with Crippen LogP contribution in [0.25, 0.3) is 0 Å². The molecule has 0 fully saturated rings. The van der Waals surface area contributed by atoms with Crippen molar-refractivity contribution in [1.82, 2.24) is 5.32 Å². The van der Waals surface area contributed by atoms with Crippen molar-refractivity contribution in [3.8, 4) is 0 Å². The first-order valence-corrected chi connectivity index (χ1v) is 4.26. The molecular formula is C9H17NO. The van der Waals surface area contributed by atoms with E-state index in [1.165, 1.54) is 25.7 Å². The van der Waals surface area contributed by atoms with Crippen LogP contribution in [0.5, 0.6) is 0 Å². The zero-order valence-electron chi connectivity index (χ0n) is 7.18. The van der Waals surface area contributed by atoms with E-state index in [-0.39, 0.29) is 0 Å². The third-order valence-corrected chi connectivity index (χ3v) is 1.51. The lowest BCUT2D eigenvalue weighted by atomic mass is 10.1. The van der Waals surface area contributed by atoms with Crippen molar-refractivity contribution in [2.45, 2.75) is 39.0 Å². The van der Waals surface area contributed by atoms with Crippen LogP contribution >= 0.6 is 0 Å². The molecule has 0 aliphatic carbocycles. The van der Waals surface area contributed by atoms with Crippen molar-refractivity contribution in [2.24, 2.45) is 0 Å². The number of hydrogen-bond acceptors (Lipinski definition) is 1. The predicted molar refractivity (Wildman–Crippen MR) is 47.1 cm³/mol. The Balaban J connectivity index is 2.94. The van der Waals surface area contributed by atoms with Crippen LogP contribution < -0.4 is 5.32 Å². The van der Waals surface area contributed by atoms with Crippen molar-refractivity contribution in [2.75, 3.05) is 0 Å². The van der Waals surface area contributed by atoms with E-state index >= 15 is 0 Å². The number of carbonyl (C=O) groups excluding carboxylic acids is 1. The van der Waals surface area contributed by atoms with Gasteiger partial charge in [-0.1, -0.05) is 32.3 Å². The lowest BCUT2D eigenvalue weighted by Crippen LogP contribution is -1.97. The largest absolute Gasteiger partial charge is 0.336 e. The van der Waals surface area contributed by atoms with E-state index in [4.69, 9.17) is 0 Å². The third kappa shape index (κ3) is 9.21. The standard InChI is InChI=1S/C9H17NO/c1-2-3-4-5-6-7-8-10-9-11/h7-9H,2-6H2,1H3,(H,10,11)/b8-7+. The highest BCUT2D eigenvalue weighted by molar-refractivity contribution is 5.47. The van der Waals surface area contributed by atoms with Crippen LogP contribution in [-0.4, -0.2) is 6.41 Å². The van der Waals surface area contributed by atoms with Gasteiger partial charge in [-0.15, -0.1) is 0 Å². The highest BCUT2D eigenvalue weighted by Crippen LogP contribution is 2.01. The summed E-state index contributed by atoms with van der Waals surface area (Å²) in [5, 5.41) is 2.48. The molecule has 0 aromatic rings. The molecule has 2 nitrogen and oxygen atoms in total. The lowest BCUT2D eigenvalue weighted by Gasteiger charge is -1.93. The Kier molecular flexibility index (Phi) is 8.55. The van der Waals surface area contributed by atoms with Crippen molar-refractivity contribution < 1.29 is 4.79 Å². The minimum atomic E-state index is 0.683. The average molecular weight is 155 g/mol. The molecule has 2 heteroatoms. The highest BCUT2D eigenvalue weighted by atomic mass is 16.1. The Morgan fingerprint density at radius 2 is 2.09 bits per heavy atom. The second-order valence-corrected chi connectivity index (χ2v) is 2.54. The van der Waals surface area contributed by atoms with E-state index in [0.717, 1.165) is 6.42 Å². The predicted octanol–water partition coefficient (Wildman–Crippen LogP) is 2.22. The fourth-order valence-corrected chi connectivity index (χ4v) is 0.880. The molecule has 0 bridgehead atoms. The topological polar surface area (TPSA) is 29.1 Å². The Bertz CT molecular complexity index is 110. The summed E-state index contributed by atoms with van der Waals surface area (Å²) in [6.45, 7) is 2.20. The Labute approximate surface area is 68.7 Å². The normalized spacial score (nSPS) is 10.3. The molecule has 64 valence electrons. The monoisotopic (exact) mass is 155 g/mol. The Hall–Kier alpha value is -0.790. The van der Waals surface area contributed by atoms with Gasteiger partial charge in [0.15, 0.2) is 0 Å². The molecule has 0 spiro atoms. The SMILES string of the molecule is CCCCCC/C=C/NC=O. The number of amides is 1. The minimum absolute atomic E-state index is 0.683. The molecule has 0 heterocycles. The van der Waals surface area contributed by atoms with Gasteiger partial charge in [-0.2, -0.15) is 0 Å². The van der Waals surface area contributed by atoms with Crippen LogP contribution in [0, 0.1) is 0 Å². The summed E-state index contributed by atoms with van der Waals surface area (Å²) in [5.74, 6) is 0.